The molecule has 1 aliphatic carbocycles. The second-order valence-electron chi connectivity index (χ2n) is 6.99. The quantitative estimate of drug-likeness (QED) is 0.694. The molecule has 2 aliphatic rings. The summed E-state index contributed by atoms with van der Waals surface area (Å²) < 4.78 is 0.751. The van der Waals surface area contributed by atoms with E-state index < -0.39 is 0 Å². The lowest BCUT2D eigenvalue weighted by Crippen LogP contribution is -2.34. The van der Waals surface area contributed by atoms with Gasteiger partial charge < -0.3 is 10.6 Å². The van der Waals surface area contributed by atoms with Gasteiger partial charge in [-0.2, -0.15) is 0 Å². The van der Waals surface area contributed by atoms with E-state index in [0.717, 1.165) is 30.2 Å². The molecule has 2 fully saturated rings. The number of amides is 4. The van der Waals surface area contributed by atoms with Crippen molar-refractivity contribution in [2.75, 3.05) is 17.2 Å². The Balaban J connectivity index is 1.62. The Bertz CT molecular complexity index is 771. The number of hydrogen-bond acceptors (Lipinski definition) is 4. The van der Waals surface area contributed by atoms with E-state index in [1.165, 1.54) is 11.8 Å². The van der Waals surface area contributed by atoms with Gasteiger partial charge in [-0.15, -0.1) is 0 Å². The van der Waals surface area contributed by atoms with Crippen LogP contribution in [0.2, 0.25) is 0 Å². The number of likely N-dealkylation sites (tertiary alicyclic amines) is 1. The van der Waals surface area contributed by atoms with Gasteiger partial charge in [-0.25, -0.2) is 0 Å². The van der Waals surface area contributed by atoms with E-state index in [2.05, 4.69) is 26.6 Å². The van der Waals surface area contributed by atoms with Crippen molar-refractivity contribution in [3.05, 3.63) is 22.7 Å². The maximum atomic E-state index is 12.5. The van der Waals surface area contributed by atoms with Crippen molar-refractivity contribution >= 4 is 50.9 Å². The standard InChI is InChI=1S/C19H22BrN3O4/c1-11(24)21-15-7-6-12(20)10-16(15)22-17(25)8-9-23-18(26)13-4-2-3-5-14(13)19(23)27/h6-7,10,13-14H,2-5,8-9H2,1H3,(H,21,24)(H,22,25). The molecule has 1 heterocycles. The third kappa shape index (κ3) is 4.37. The maximum Gasteiger partial charge on any atom is 0.233 e. The Morgan fingerprint density at radius 2 is 1.70 bits per heavy atom. The molecule has 3 rings (SSSR count). The first-order valence-corrected chi connectivity index (χ1v) is 9.88. The normalized spacial score (nSPS) is 21.8. The number of nitrogens with one attached hydrogen (secondary N) is 2. The lowest BCUT2D eigenvalue weighted by Gasteiger charge is -2.19. The molecule has 0 radical (unpaired) electrons. The van der Waals surface area contributed by atoms with Crippen LogP contribution in [0, 0.1) is 11.8 Å². The van der Waals surface area contributed by atoms with Gasteiger partial charge >= 0.3 is 0 Å². The SMILES string of the molecule is CC(=O)Nc1ccc(Br)cc1NC(=O)CCN1C(=O)C2CCCCC2C1=O. The molecule has 144 valence electrons. The number of rotatable bonds is 5. The van der Waals surface area contributed by atoms with Crippen LogP contribution < -0.4 is 10.6 Å². The minimum absolute atomic E-state index is 0.0168. The Morgan fingerprint density at radius 3 is 2.30 bits per heavy atom. The molecular formula is C19H22BrN3O4. The van der Waals surface area contributed by atoms with E-state index in [1.54, 1.807) is 18.2 Å². The Morgan fingerprint density at radius 1 is 1.07 bits per heavy atom. The van der Waals surface area contributed by atoms with Gasteiger partial charge in [0, 0.05) is 24.4 Å². The molecule has 1 aliphatic heterocycles. The number of hydrogen-bond donors (Lipinski definition) is 2. The Kier molecular flexibility index (Phi) is 5.94. The molecular weight excluding hydrogens is 414 g/mol. The Hall–Kier alpha value is -2.22. The average molecular weight is 436 g/mol. The fourth-order valence-electron chi connectivity index (χ4n) is 3.80. The van der Waals surface area contributed by atoms with Crippen LogP contribution in [0.15, 0.2) is 22.7 Å². The number of anilines is 2. The van der Waals surface area contributed by atoms with Gasteiger partial charge in [0.1, 0.15) is 0 Å². The number of halogens is 1. The Labute approximate surface area is 166 Å². The third-order valence-electron chi connectivity index (χ3n) is 5.06. The molecule has 27 heavy (non-hydrogen) atoms. The van der Waals surface area contributed by atoms with E-state index in [1.807, 2.05) is 0 Å². The van der Waals surface area contributed by atoms with Crippen LogP contribution >= 0.6 is 15.9 Å². The average Bonchev–Trinajstić information content (AvgIpc) is 2.86. The molecule has 8 heteroatoms. The summed E-state index contributed by atoms with van der Waals surface area (Å²) in [5, 5.41) is 5.40. The fraction of sp³-hybridized carbons (Fsp3) is 0.474. The van der Waals surface area contributed by atoms with Crippen LogP contribution in [0.5, 0.6) is 0 Å². The van der Waals surface area contributed by atoms with Crippen molar-refractivity contribution in [2.45, 2.75) is 39.0 Å². The van der Waals surface area contributed by atoms with Gasteiger partial charge in [0.25, 0.3) is 0 Å². The molecule has 0 bridgehead atoms. The zero-order valence-corrected chi connectivity index (χ0v) is 16.7. The van der Waals surface area contributed by atoms with Gasteiger partial charge in [-0.1, -0.05) is 28.8 Å². The molecule has 2 N–H and O–H groups in total. The predicted octanol–water partition coefficient (Wildman–Crippen LogP) is 2.91. The summed E-state index contributed by atoms with van der Waals surface area (Å²) in [6, 6.07) is 5.12. The number of nitrogens with zero attached hydrogens (tertiary/aromatic N) is 1. The molecule has 1 aromatic carbocycles. The summed E-state index contributed by atoms with van der Waals surface area (Å²) in [6.45, 7) is 1.47. The second-order valence-corrected chi connectivity index (χ2v) is 7.91. The molecule has 4 amide bonds. The lowest BCUT2D eigenvalue weighted by molar-refractivity contribution is -0.140. The first-order chi connectivity index (χ1) is 12.9. The summed E-state index contributed by atoms with van der Waals surface area (Å²) in [5.74, 6) is -1.26. The fourth-order valence-corrected chi connectivity index (χ4v) is 4.16. The summed E-state index contributed by atoms with van der Waals surface area (Å²) in [6.07, 6.45) is 3.49. The number of carbonyl (C=O) groups excluding carboxylic acids is 4. The van der Waals surface area contributed by atoms with Crippen LogP contribution in [-0.4, -0.2) is 35.1 Å². The highest BCUT2D eigenvalue weighted by atomic mass is 79.9. The van der Waals surface area contributed by atoms with E-state index in [-0.39, 0.29) is 48.4 Å². The highest BCUT2D eigenvalue weighted by Crippen LogP contribution is 2.38. The molecule has 7 nitrogen and oxygen atoms in total. The zero-order chi connectivity index (χ0) is 19.6. The van der Waals surface area contributed by atoms with Crippen molar-refractivity contribution in [2.24, 2.45) is 11.8 Å². The highest BCUT2D eigenvalue weighted by Gasteiger charge is 2.47. The lowest BCUT2D eigenvalue weighted by atomic mass is 9.81. The van der Waals surface area contributed by atoms with Crippen molar-refractivity contribution in [3.63, 3.8) is 0 Å². The summed E-state index contributed by atoms with van der Waals surface area (Å²) in [7, 11) is 0. The van der Waals surface area contributed by atoms with E-state index in [9.17, 15) is 19.2 Å². The molecule has 2 atom stereocenters. The first-order valence-electron chi connectivity index (χ1n) is 9.09. The van der Waals surface area contributed by atoms with Crippen LogP contribution in [-0.2, 0) is 19.2 Å². The van der Waals surface area contributed by atoms with Gasteiger partial charge in [-0.3, -0.25) is 24.1 Å². The minimum Gasteiger partial charge on any atom is -0.325 e. The van der Waals surface area contributed by atoms with Crippen molar-refractivity contribution in [1.82, 2.24) is 4.90 Å². The summed E-state index contributed by atoms with van der Waals surface area (Å²) >= 11 is 3.33. The number of carbonyl (C=O) groups is 4. The van der Waals surface area contributed by atoms with Gasteiger partial charge in [0.15, 0.2) is 0 Å². The largest absolute Gasteiger partial charge is 0.325 e. The van der Waals surface area contributed by atoms with Gasteiger partial charge in [-0.05, 0) is 31.0 Å². The summed E-state index contributed by atoms with van der Waals surface area (Å²) in [4.78, 5) is 49.8. The number of benzene rings is 1. The van der Waals surface area contributed by atoms with E-state index in [0.29, 0.717) is 11.4 Å². The van der Waals surface area contributed by atoms with E-state index >= 15 is 0 Å². The van der Waals surface area contributed by atoms with Crippen molar-refractivity contribution in [3.8, 4) is 0 Å². The smallest absolute Gasteiger partial charge is 0.233 e. The van der Waals surface area contributed by atoms with Crippen molar-refractivity contribution < 1.29 is 19.2 Å². The molecule has 1 aromatic rings. The predicted molar refractivity (Wildman–Crippen MR) is 104 cm³/mol. The molecule has 2 unspecified atom stereocenters. The third-order valence-corrected chi connectivity index (χ3v) is 5.55. The topological polar surface area (TPSA) is 95.6 Å². The van der Waals surface area contributed by atoms with Gasteiger partial charge in [0.05, 0.1) is 23.2 Å². The minimum atomic E-state index is -0.324. The molecule has 1 saturated carbocycles. The van der Waals surface area contributed by atoms with E-state index in [4.69, 9.17) is 0 Å². The number of fused-ring (bicyclic) bond motifs is 1. The monoisotopic (exact) mass is 435 g/mol. The summed E-state index contributed by atoms with van der Waals surface area (Å²) in [5.41, 5.74) is 0.940. The van der Waals surface area contributed by atoms with Crippen LogP contribution in [0.25, 0.3) is 0 Å². The van der Waals surface area contributed by atoms with Crippen LogP contribution in [0.3, 0.4) is 0 Å². The zero-order valence-electron chi connectivity index (χ0n) is 15.1. The molecule has 1 saturated heterocycles. The second kappa shape index (κ2) is 8.21. The van der Waals surface area contributed by atoms with Crippen LogP contribution in [0.4, 0.5) is 11.4 Å². The van der Waals surface area contributed by atoms with Crippen LogP contribution in [0.1, 0.15) is 39.0 Å². The number of imide groups is 1. The molecule has 0 spiro atoms. The highest BCUT2D eigenvalue weighted by molar-refractivity contribution is 9.10. The first kappa shape index (κ1) is 19.5. The van der Waals surface area contributed by atoms with Crippen molar-refractivity contribution in [1.29, 1.82) is 0 Å². The molecule has 0 aromatic heterocycles. The maximum absolute atomic E-state index is 12.5. The van der Waals surface area contributed by atoms with Gasteiger partial charge in [0.2, 0.25) is 23.6 Å².